The van der Waals surface area contributed by atoms with Gasteiger partial charge in [-0.1, -0.05) is 18.6 Å². The first-order valence-corrected chi connectivity index (χ1v) is 12.7. The van der Waals surface area contributed by atoms with Gasteiger partial charge in [-0.15, -0.1) is 0 Å². The van der Waals surface area contributed by atoms with E-state index in [9.17, 15) is 13.2 Å². The minimum Gasteiger partial charge on any atom is -0.338 e. The van der Waals surface area contributed by atoms with Crippen LogP contribution in [0.5, 0.6) is 0 Å². The van der Waals surface area contributed by atoms with E-state index in [0.29, 0.717) is 41.2 Å². The van der Waals surface area contributed by atoms with Crippen LogP contribution in [-0.2, 0) is 14.8 Å². The lowest BCUT2D eigenvalue weighted by atomic mass is 10.1. The summed E-state index contributed by atoms with van der Waals surface area (Å²) in [6, 6.07) is 7.31. The van der Waals surface area contributed by atoms with Gasteiger partial charge in [-0.05, 0) is 63.7 Å². The summed E-state index contributed by atoms with van der Waals surface area (Å²) < 4.78 is 26.7. The van der Waals surface area contributed by atoms with Crippen LogP contribution < -0.4 is 4.72 Å². The van der Waals surface area contributed by atoms with E-state index >= 15 is 0 Å². The number of carbonyl (C=O) groups excluding carboxylic acids is 1. The van der Waals surface area contributed by atoms with Gasteiger partial charge in [0.1, 0.15) is 5.84 Å². The van der Waals surface area contributed by atoms with Crippen molar-refractivity contribution in [1.29, 1.82) is 0 Å². The van der Waals surface area contributed by atoms with Gasteiger partial charge in [0.05, 0.1) is 4.90 Å². The molecule has 0 saturated carbocycles. The van der Waals surface area contributed by atoms with E-state index in [1.54, 1.807) is 18.2 Å². The Morgan fingerprint density at radius 1 is 1.07 bits per heavy atom. The van der Waals surface area contributed by atoms with Gasteiger partial charge in [0.25, 0.3) is 10.0 Å². The number of sulfonamides is 1. The van der Waals surface area contributed by atoms with Gasteiger partial charge in [0.15, 0.2) is 0 Å². The number of amides is 1. The normalized spacial score (nSPS) is 24.3. The molecule has 1 aromatic rings. The van der Waals surface area contributed by atoms with Crippen LogP contribution in [0.25, 0.3) is 0 Å². The fraction of sp³-hybridized carbons (Fsp3) is 0.636. The molecule has 0 radical (unpaired) electrons. The third kappa shape index (κ3) is 4.86. The topological polar surface area (TPSA) is 82.1 Å². The van der Waals surface area contributed by atoms with Crippen molar-refractivity contribution in [2.75, 3.05) is 32.7 Å². The number of benzene rings is 1. The highest BCUT2D eigenvalue weighted by atomic mass is 32.2. The molecule has 0 aromatic heterocycles. The van der Waals surface area contributed by atoms with Crippen molar-refractivity contribution in [3.8, 4) is 0 Å². The average molecular weight is 433 g/mol. The fourth-order valence-electron chi connectivity index (χ4n) is 4.77. The van der Waals surface area contributed by atoms with Gasteiger partial charge in [-0.2, -0.15) is 0 Å². The number of carbonyl (C=O) groups is 1. The number of hydrogen-bond acceptors (Lipinski definition) is 5. The van der Waals surface area contributed by atoms with Crippen LogP contribution in [0, 0.1) is 0 Å². The Labute approximate surface area is 179 Å². The van der Waals surface area contributed by atoms with Crippen molar-refractivity contribution in [1.82, 2.24) is 14.5 Å². The molecular formula is C22H32N4O3S. The second kappa shape index (κ2) is 9.47. The number of unbranched alkanes of at least 4 members (excludes halogenated alkanes) is 2. The molecule has 0 bridgehead atoms. The molecule has 0 aliphatic carbocycles. The summed E-state index contributed by atoms with van der Waals surface area (Å²) in [5.74, 6) is 0.726. The van der Waals surface area contributed by atoms with Gasteiger partial charge < -0.3 is 9.80 Å². The smallest absolute Gasteiger partial charge is 0.263 e. The minimum atomic E-state index is -3.47. The van der Waals surface area contributed by atoms with Crippen LogP contribution in [0.3, 0.4) is 0 Å². The molecule has 8 heteroatoms. The van der Waals surface area contributed by atoms with Gasteiger partial charge in [-0.25, -0.2) is 8.42 Å². The number of hydrogen-bond donors (Lipinski definition) is 1. The van der Waals surface area contributed by atoms with Crippen molar-refractivity contribution in [2.24, 2.45) is 4.99 Å². The molecule has 1 unspecified atom stereocenters. The number of fused-ring (bicyclic) bond motifs is 1. The quantitative estimate of drug-likeness (QED) is 0.640. The predicted molar refractivity (Wildman–Crippen MR) is 117 cm³/mol. The number of aliphatic imine (C=N–C) groups is 1. The monoisotopic (exact) mass is 432 g/mol. The second-order valence-corrected chi connectivity index (χ2v) is 10.2. The fourth-order valence-corrected chi connectivity index (χ4v) is 6.02. The van der Waals surface area contributed by atoms with Crippen molar-refractivity contribution in [3.05, 3.63) is 29.8 Å². The summed E-state index contributed by atoms with van der Waals surface area (Å²) in [4.78, 5) is 22.0. The third-order valence-electron chi connectivity index (χ3n) is 6.35. The molecular weight excluding hydrogens is 400 g/mol. The first-order valence-electron chi connectivity index (χ1n) is 11.2. The van der Waals surface area contributed by atoms with Crippen LogP contribution in [0.2, 0.25) is 0 Å². The molecule has 1 amide bonds. The maximum atomic E-state index is 12.7. The first kappa shape index (κ1) is 21.3. The number of rotatable bonds is 8. The molecule has 2 saturated heterocycles. The molecule has 2 fully saturated rings. The zero-order valence-electron chi connectivity index (χ0n) is 17.6. The number of nitrogens with one attached hydrogen (secondary N) is 1. The summed E-state index contributed by atoms with van der Waals surface area (Å²) >= 11 is 0. The summed E-state index contributed by atoms with van der Waals surface area (Å²) in [7, 11) is -3.47. The van der Waals surface area contributed by atoms with Crippen molar-refractivity contribution in [3.63, 3.8) is 0 Å². The van der Waals surface area contributed by atoms with Crippen molar-refractivity contribution >= 4 is 21.8 Å². The highest BCUT2D eigenvalue weighted by molar-refractivity contribution is 7.90. The Morgan fingerprint density at radius 2 is 1.87 bits per heavy atom. The Morgan fingerprint density at radius 3 is 2.70 bits per heavy atom. The SMILES string of the molecule is O=C(CCCCCN=C1NS(=O)(=O)c2ccccc21)N1CCCC1CN1CCCC1. The third-order valence-corrected chi connectivity index (χ3v) is 7.74. The number of amidine groups is 1. The molecule has 30 heavy (non-hydrogen) atoms. The second-order valence-electron chi connectivity index (χ2n) is 8.53. The van der Waals surface area contributed by atoms with E-state index in [4.69, 9.17) is 0 Å². The van der Waals surface area contributed by atoms with Gasteiger partial charge >= 0.3 is 0 Å². The highest BCUT2D eigenvalue weighted by Crippen LogP contribution is 2.23. The van der Waals surface area contributed by atoms with Gasteiger partial charge in [0, 0.05) is 37.7 Å². The molecule has 0 spiro atoms. The van der Waals surface area contributed by atoms with Crippen LogP contribution in [-0.4, -0.2) is 68.7 Å². The molecule has 1 N–H and O–H groups in total. The largest absolute Gasteiger partial charge is 0.338 e. The molecule has 3 heterocycles. The minimum absolute atomic E-state index is 0.292. The van der Waals surface area contributed by atoms with Crippen LogP contribution in [0.4, 0.5) is 0 Å². The predicted octanol–water partition coefficient (Wildman–Crippen LogP) is 2.37. The molecule has 4 rings (SSSR count). The molecule has 1 atom stereocenters. The maximum Gasteiger partial charge on any atom is 0.263 e. The van der Waals surface area contributed by atoms with Crippen LogP contribution in [0.15, 0.2) is 34.2 Å². The van der Waals surface area contributed by atoms with E-state index in [-0.39, 0.29) is 0 Å². The Balaban J connectivity index is 1.18. The first-order chi connectivity index (χ1) is 14.5. The summed E-state index contributed by atoms with van der Waals surface area (Å²) in [5, 5.41) is 0. The van der Waals surface area contributed by atoms with Crippen LogP contribution in [0.1, 0.15) is 56.9 Å². The zero-order chi connectivity index (χ0) is 21.0. The molecule has 7 nitrogen and oxygen atoms in total. The average Bonchev–Trinajstić information content (AvgIpc) is 3.46. The maximum absolute atomic E-state index is 12.7. The molecule has 164 valence electrons. The van der Waals surface area contributed by atoms with Crippen molar-refractivity contribution < 1.29 is 13.2 Å². The lowest BCUT2D eigenvalue weighted by Gasteiger charge is -2.28. The van der Waals surface area contributed by atoms with Gasteiger partial charge in [-0.3, -0.25) is 14.5 Å². The van der Waals surface area contributed by atoms with Crippen molar-refractivity contribution in [2.45, 2.75) is 62.3 Å². The number of nitrogens with zero attached hydrogens (tertiary/aromatic N) is 3. The standard InChI is InChI=1S/C22H32N4O3S/c27-21(26-16-8-9-18(26)17-25-14-6-7-15-25)12-2-1-5-13-23-22-19-10-3-4-11-20(19)30(28,29)24-22/h3-4,10-11,18H,1-2,5-9,12-17H2,(H,23,24). The molecule has 3 aliphatic rings. The summed E-state index contributed by atoms with van der Waals surface area (Å²) in [5.41, 5.74) is 0.644. The van der Waals surface area contributed by atoms with E-state index in [1.165, 1.54) is 25.9 Å². The van der Waals surface area contributed by atoms with E-state index < -0.39 is 10.0 Å². The summed E-state index contributed by atoms with van der Waals surface area (Å²) in [6.45, 7) is 4.87. The number of likely N-dealkylation sites (tertiary alicyclic amines) is 2. The van der Waals surface area contributed by atoms with E-state index in [0.717, 1.165) is 45.2 Å². The lowest BCUT2D eigenvalue weighted by Crippen LogP contribution is -2.42. The van der Waals surface area contributed by atoms with Crippen LogP contribution >= 0.6 is 0 Å². The Hall–Kier alpha value is -1.93. The Bertz CT molecular complexity index is 893. The van der Waals surface area contributed by atoms with Gasteiger partial charge in [0.2, 0.25) is 5.91 Å². The molecule has 3 aliphatic heterocycles. The summed E-state index contributed by atoms with van der Waals surface area (Å²) in [6.07, 6.45) is 8.06. The van der Waals surface area contributed by atoms with E-state index in [2.05, 4.69) is 19.5 Å². The lowest BCUT2D eigenvalue weighted by molar-refractivity contribution is -0.132. The highest BCUT2D eigenvalue weighted by Gasteiger charge is 2.31. The Kier molecular flexibility index (Phi) is 6.73. The molecule has 1 aromatic carbocycles. The zero-order valence-corrected chi connectivity index (χ0v) is 18.4. The van der Waals surface area contributed by atoms with E-state index in [1.807, 2.05) is 6.07 Å².